The first-order valence-corrected chi connectivity index (χ1v) is 7.08. The second-order valence-electron chi connectivity index (χ2n) is 5.53. The SMILES string of the molecule is OC[C@H]1O[C@H](O[C@@H]2C(O)O[C@H](CO)[C@@H](O)[C@@H]2O)[C@@H](O)[C@@H](O)[C@@H]1O. The molecule has 0 aromatic carbocycles. The smallest absolute Gasteiger partial charge is 0.187 e. The molecular formula is C12H22O11. The van der Waals surface area contributed by atoms with Crippen LogP contribution in [-0.2, 0) is 14.2 Å². The van der Waals surface area contributed by atoms with Gasteiger partial charge in [0.15, 0.2) is 12.6 Å². The third-order valence-corrected chi connectivity index (χ3v) is 3.98. The molecule has 0 aliphatic carbocycles. The van der Waals surface area contributed by atoms with Gasteiger partial charge in [0.1, 0.15) is 48.8 Å². The van der Waals surface area contributed by atoms with Crippen LogP contribution in [0, 0.1) is 0 Å². The van der Waals surface area contributed by atoms with Crippen molar-refractivity contribution in [2.24, 2.45) is 0 Å². The van der Waals surface area contributed by atoms with Crippen molar-refractivity contribution >= 4 is 0 Å². The van der Waals surface area contributed by atoms with E-state index in [2.05, 4.69) is 0 Å². The van der Waals surface area contributed by atoms with Crippen LogP contribution in [0.5, 0.6) is 0 Å². The van der Waals surface area contributed by atoms with E-state index in [-0.39, 0.29) is 0 Å². The Bertz CT molecular complexity index is 380. The highest BCUT2D eigenvalue weighted by Gasteiger charge is 2.50. The fourth-order valence-corrected chi connectivity index (χ4v) is 2.55. The second-order valence-corrected chi connectivity index (χ2v) is 5.53. The summed E-state index contributed by atoms with van der Waals surface area (Å²) < 4.78 is 15.1. The summed E-state index contributed by atoms with van der Waals surface area (Å²) in [5.41, 5.74) is 0. The summed E-state index contributed by atoms with van der Waals surface area (Å²) in [4.78, 5) is 0. The number of rotatable bonds is 4. The van der Waals surface area contributed by atoms with Gasteiger partial charge in [-0.15, -0.1) is 0 Å². The average molecular weight is 342 g/mol. The fourth-order valence-electron chi connectivity index (χ4n) is 2.55. The first-order chi connectivity index (χ1) is 10.8. The second kappa shape index (κ2) is 7.63. The minimum absolute atomic E-state index is 0.651. The normalized spacial score (nSPS) is 51.7. The summed E-state index contributed by atoms with van der Waals surface area (Å²) in [6, 6.07) is 0. The molecule has 0 radical (unpaired) electrons. The Balaban J connectivity index is 2.08. The molecule has 2 aliphatic rings. The number of aliphatic hydroxyl groups excluding tert-OH is 8. The third kappa shape index (κ3) is 3.65. The zero-order chi connectivity index (χ0) is 17.3. The van der Waals surface area contributed by atoms with Crippen LogP contribution >= 0.6 is 0 Å². The molecule has 2 heterocycles. The van der Waals surface area contributed by atoms with Gasteiger partial charge in [-0.25, -0.2) is 0 Å². The molecule has 8 N–H and O–H groups in total. The van der Waals surface area contributed by atoms with Crippen LogP contribution in [-0.4, -0.2) is 115 Å². The molecule has 11 heteroatoms. The highest BCUT2D eigenvalue weighted by molar-refractivity contribution is 4.93. The van der Waals surface area contributed by atoms with Crippen LogP contribution < -0.4 is 0 Å². The van der Waals surface area contributed by atoms with Gasteiger partial charge in [-0.2, -0.15) is 0 Å². The maximum Gasteiger partial charge on any atom is 0.187 e. The van der Waals surface area contributed by atoms with E-state index in [1.165, 1.54) is 0 Å². The molecule has 0 spiro atoms. The van der Waals surface area contributed by atoms with Crippen LogP contribution in [0.25, 0.3) is 0 Å². The van der Waals surface area contributed by atoms with Gasteiger partial charge < -0.3 is 55.1 Å². The minimum atomic E-state index is -1.75. The molecule has 11 nitrogen and oxygen atoms in total. The first-order valence-electron chi connectivity index (χ1n) is 7.08. The van der Waals surface area contributed by atoms with Crippen LogP contribution in [0.1, 0.15) is 0 Å². The Morgan fingerprint density at radius 2 is 1.17 bits per heavy atom. The van der Waals surface area contributed by atoms with Crippen molar-refractivity contribution in [1.29, 1.82) is 0 Å². The van der Waals surface area contributed by atoms with Gasteiger partial charge in [-0.3, -0.25) is 0 Å². The highest BCUT2D eigenvalue weighted by atomic mass is 16.7. The van der Waals surface area contributed by atoms with E-state index in [0.717, 1.165) is 0 Å². The molecule has 0 aromatic rings. The van der Waals surface area contributed by atoms with Gasteiger partial charge in [0.25, 0.3) is 0 Å². The molecule has 0 aromatic heterocycles. The average Bonchev–Trinajstić information content (AvgIpc) is 2.54. The van der Waals surface area contributed by atoms with Crippen LogP contribution in [0.15, 0.2) is 0 Å². The standard InChI is InChI=1S/C12H22O11/c13-1-3-6(16)8(18)10(11(20)21-3)23-12-9(19)7(17)5(15)4(2-14)22-12/h3-20H,1-2H2/t3-,4-,5-,6-,7+,8+,9+,10+,11?,12-/m1/s1. The van der Waals surface area contributed by atoms with E-state index in [9.17, 15) is 30.6 Å². The maximum absolute atomic E-state index is 9.94. The van der Waals surface area contributed by atoms with Crippen molar-refractivity contribution < 1.29 is 55.1 Å². The summed E-state index contributed by atoms with van der Waals surface area (Å²) in [5.74, 6) is 0. The lowest BCUT2D eigenvalue weighted by Gasteiger charge is -2.44. The molecule has 0 amide bonds. The van der Waals surface area contributed by atoms with Gasteiger partial charge >= 0.3 is 0 Å². The summed E-state index contributed by atoms with van der Waals surface area (Å²) in [7, 11) is 0. The quantitative estimate of drug-likeness (QED) is 0.243. The molecule has 2 fully saturated rings. The Hall–Kier alpha value is -0.440. The van der Waals surface area contributed by atoms with Crippen molar-refractivity contribution in [1.82, 2.24) is 0 Å². The summed E-state index contributed by atoms with van der Waals surface area (Å²) in [5, 5.41) is 76.7. The molecule has 10 atom stereocenters. The predicted molar refractivity (Wildman–Crippen MR) is 68.6 cm³/mol. The van der Waals surface area contributed by atoms with Crippen LogP contribution in [0.3, 0.4) is 0 Å². The molecule has 2 rings (SSSR count). The van der Waals surface area contributed by atoms with Crippen molar-refractivity contribution in [2.45, 2.75) is 61.4 Å². The van der Waals surface area contributed by atoms with E-state index in [4.69, 9.17) is 24.4 Å². The monoisotopic (exact) mass is 342 g/mol. The predicted octanol–water partition coefficient (Wildman–Crippen LogP) is -5.40. The Kier molecular flexibility index (Phi) is 6.27. The number of aliphatic hydroxyl groups is 8. The topological polar surface area (TPSA) is 190 Å². The molecule has 0 saturated carbocycles. The Morgan fingerprint density at radius 1 is 0.652 bits per heavy atom. The van der Waals surface area contributed by atoms with Gasteiger partial charge in [-0.1, -0.05) is 0 Å². The van der Waals surface area contributed by atoms with E-state index >= 15 is 0 Å². The molecular weight excluding hydrogens is 320 g/mol. The van der Waals surface area contributed by atoms with Crippen molar-refractivity contribution in [3.63, 3.8) is 0 Å². The van der Waals surface area contributed by atoms with Crippen molar-refractivity contribution in [3.8, 4) is 0 Å². The summed E-state index contributed by atoms with van der Waals surface area (Å²) >= 11 is 0. The molecule has 2 aliphatic heterocycles. The van der Waals surface area contributed by atoms with Crippen molar-refractivity contribution in [2.75, 3.05) is 13.2 Å². The lowest BCUT2D eigenvalue weighted by Crippen LogP contribution is -2.64. The minimum Gasteiger partial charge on any atom is -0.394 e. The lowest BCUT2D eigenvalue weighted by molar-refractivity contribution is -0.361. The number of hydrogen-bond acceptors (Lipinski definition) is 11. The largest absolute Gasteiger partial charge is 0.394 e. The number of ether oxygens (including phenoxy) is 3. The Morgan fingerprint density at radius 3 is 1.74 bits per heavy atom. The van der Waals surface area contributed by atoms with Gasteiger partial charge in [0.05, 0.1) is 13.2 Å². The van der Waals surface area contributed by atoms with Gasteiger partial charge in [0, 0.05) is 0 Å². The van der Waals surface area contributed by atoms with Crippen LogP contribution in [0.2, 0.25) is 0 Å². The fraction of sp³-hybridized carbons (Fsp3) is 1.00. The number of hydrogen-bond donors (Lipinski definition) is 8. The summed E-state index contributed by atoms with van der Waals surface area (Å²) in [6.07, 6.45) is -15.6. The molecule has 2 saturated heterocycles. The summed E-state index contributed by atoms with van der Waals surface area (Å²) in [6.45, 7) is -1.33. The Labute approximate surface area is 130 Å². The zero-order valence-corrected chi connectivity index (χ0v) is 12.0. The highest BCUT2D eigenvalue weighted by Crippen LogP contribution is 2.28. The van der Waals surface area contributed by atoms with Gasteiger partial charge in [0.2, 0.25) is 0 Å². The van der Waals surface area contributed by atoms with Gasteiger partial charge in [-0.05, 0) is 0 Å². The maximum atomic E-state index is 9.94. The van der Waals surface area contributed by atoms with E-state index in [1.54, 1.807) is 0 Å². The lowest BCUT2D eigenvalue weighted by atomic mass is 9.97. The van der Waals surface area contributed by atoms with Crippen LogP contribution in [0.4, 0.5) is 0 Å². The molecule has 1 unspecified atom stereocenters. The molecule has 136 valence electrons. The van der Waals surface area contributed by atoms with E-state index in [1.807, 2.05) is 0 Å². The first kappa shape index (κ1) is 18.9. The molecule has 23 heavy (non-hydrogen) atoms. The van der Waals surface area contributed by atoms with Crippen molar-refractivity contribution in [3.05, 3.63) is 0 Å². The zero-order valence-electron chi connectivity index (χ0n) is 12.0. The molecule has 0 bridgehead atoms. The van der Waals surface area contributed by atoms with E-state index < -0.39 is 74.6 Å². The van der Waals surface area contributed by atoms with E-state index in [0.29, 0.717) is 0 Å². The third-order valence-electron chi connectivity index (χ3n) is 3.98.